The molecule has 12 heteroatoms. The van der Waals surface area contributed by atoms with Crippen molar-refractivity contribution in [2.45, 2.75) is 20.1 Å². The first-order chi connectivity index (χ1) is 14.5. The Kier molecular flexibility index (Phi) is 5.03. The van der Waals surface area contributed by atoms with E-state index in [9.17, 15) is 14.9 Å². The SMILES string of the molecule is Cc1cccc(Cn2ccc(NC(=O)c3ccn(Cn4cnc([N+](=O)[O-])n4)n3)n2)c1. The van der Waals surface area contributed by atoms with Crippen LogP contribution in [-0.4, -0.2) is 45.2 Å². The highest BCUT2D eigenvalue weighted by Gasteiger charge is 2.15. The van der Waals surface area contributed by atoms with E-state index in [4.69, 9.17) is 0 Å². The Morgan fingerprint density at radius 3 is 2.70 bits per heavy atom. The van der Waals surface area contributed by atoms with Crippen LogP contribution in [-0.2, 0) is 13.2 Å². The summed E-state index contributed by atoms with van der Waals surface area (Å²) in [6, 6.07) is 11.4. The predicted octanol–water partition coefficient (Wildman–Crippen LogP) is 1.69. The molecule has 4 aromatic rings. The molecule has 12 nitrogen and oxygen atoms in total. The Morgan fingerprint density at radius 1 is 1.10 bits per heavy atom. The molecule has 0 saturated heterocycles. The van der Waals surface area contributed by atoms with Crippen LogP contribution in [0.2, 0.25) is 0 Å². The first-order valence-corrected chi connectivity index (χ1v) is 8.94. The lowest BCUT2D eigenvalue weighted by Crippen LogP contribution is -2.15. The number of anilines is 1. The molecule has 0 saturated carbocycles. The monoisotopic (exact) mass is 407 g/mol. The maximum Gasteiger partial charge on any atom is 0.491 e. The molecule has 0 unspecified atom stereocenters. The number of carbonyl (C=O) groups is 1. The number of hydrogen-bond acceptors (Lipinski definition) is 7. The molecule has 0 radical (unpaired) electrons. The van der Waals surface area contributed by atoms with Crippen LogP contribution in [0.15, 0.2) is 55.1 Å². The third-order valence-corrected chi connectivity index (χ3v) is 4.16. The van der Waals surface area contributed by atoms with Crippen LogP contribution in [0.5, 0.6) is 0 Å². The molecular formula is C18H17N9O3. The van der Waals surface area contributed by atoms with Crippen molar-refractivity contribution in [2.75, 3.05) is 5.32 Å². The number of amides is 1. The Bertz CT molecular complexity index is 1210. The molecule has 30 heavy (non-hydrogen) atoms. The van der Waals surface area contributed by atoms with Crippen molar-refractivity contribution >= 4 is 17.7 Å². The fraction of sp³-hybridized carbons (Fsp3) is 0.167. The number of benzene rings is 1. The van der Waals surface area contributed by atoms with E-state index in [2.05, 4.69) is 31.7 Å². The number of nitro groups is 1. The maximum atomic E-state index is 12.4. The van der Waals surface area contributed by atoms with E-state index < -0.39 is 16.8 Å². The molecule has 0 spiro atoms. The first-order valence-electron chi connectivity index (χ1n) is 8.94. The first kappa shape index (κ1) is 19.0. The van der Waals surface area contributed by atoms with Crippen molar-refractivity contribution in [3.05, 3.63) is 82.1 Å². The second-order valence-electron chi connectivity index (χ2n) is 6.56. The molecule has 3 aromatic heterocycles. The third-order valence-electron chi connectivity index (χ3n) is 4.16. The van der Waals surface area contributed by atoms with Crippen molar-refractivity contribution in [2.24, 2.45) is 0 Å². The Morgan fingerprint density at radius 2 is 1.93 bits per heavy atom. The summed E-state index contributed by atoms with van der Waals surface area (Å²) in [5, 5.41) is 25.5. The summed E-state index contributed by atoms with van der Waals surface area (Å²) in [6.07, 6.45) is 4.58. The number of nitrogens with zero attached hydrogens (tertiary/aromatic N) is 8. The van der Waals surface area contributed by atoms with Gasteiger partial charge in [-0.1, -0.05) is 34.8 Å². The van der Waals surface area contributed by atoms with Crippen LogP contribution >= 0.6 is 0 Å². The summed E-state index contributed by atoms with van der Waals surface area (Å²) in [6.45, 7) is 2.71. The van der Waals surface area contributed by atoms with Gasteiger partial charge in [-0.05, 0) is 23.5 Å². The van der Waals surface area contributed by atoms with Crippen molar-refractivity contribution in [1.29, 1.82) is 0 Å². The van der Waals surface area contributed by atoms with Gasteiger partial charge >= 0.3 is 5.95 Å². The normalized spacial score (nSPS) is 10.8. The zero-order valence-corrected chi connectivity index (χ0v) is 15.9. The summed E-state index contributed by atoms with van der Waals surface area (Å²) in [5.41, 5.74) is 2.46. The highest BCUT2D eigenvalue weighted by atomic mass is 16.6. The minimum Gasteiger partial charge on any atom is -0.390 e. The van der Waals surface area contributed by atoms with Gasteiger partial charge in [-0.25, -0.2) is 4.68 Å². The summed E-state index contributed by atoms with van der Waals surface area (Å²) in [4.78, 5) is 25.9. The summed E-state index contributed by atoms with van der Waals surface area (Å²) in [7, 11) is 0. The third kappa shape index (κ3) is 4.38. The topological polar surface area (TPSA) is 139 Å². The lowest BCUT2D eigenvalue weighted by Gasteiger charge is -2.03. The zero-order chi connectivity index (χ0) is 21.1. The molecular weight excluding hydrogens is 390 g/mol. The lowest BCUT2D eigenvalue weighted by molar-refractivity contribution is -0.394. The second-order valence-corrected chi connectivity index (χ2v) is 6.56. The Labute approximate surface area is 169 Å². The number of hydrogen-bond donors (Lipinski definition) is 1. The van der Waals surface area contributed by atoms with Crippen LogP contribution < -0.4 is 5.32 Å². The highest BCUT2D eigenvalue weighted by molar-refractivity contribution is 6.02. The number of aromatic nitrogens is 7. The zero-order valence-electron chi connectivity index (χ0n) is 15.9. The Hall–Kier alpha value is -4.35. The molecule has 0 aliphatic rings. The van der Waals surface area contributed by atoms with Gasteiger partial charge in [0.15, 0.2) is 18.2 Å². The molecule has 152 valence electrons. The molecule has 0 fully saturated rings. The predicted molar refractivity (Wildman–Crippen MR) is 105 cm³/mol. The Balaban J connectivity index is 1.37. The maximum absolute atomic E-state index is 12.4. The molecule has 0 aliphatic heterocycles. The van der Waals surface area contributed by atoms with Crippen LogP contribution in [0.1, 0.15) is 21.6 Å². The molecule has 3 heterocycles. The molecule has 0 bridgehead atoms. The average molecular weight is 407 g/mol. The largest absolute Gasteiger partial charge is 0.491 e. The van der Waals surface area contributed by atoms with Gasteiger partial charge in [-0.15, -0.1) is 0 Å². The van der Waals surface area contributed by atoms with E-state index in [1.165, 1.54) is 27.3 Å². The van der Waals surface area contributed by atoms with Gasteiger partial charge < -0.3 is 15.4 Å². The van der Waals surface area contributed by atoms with Crippen LogP contribution in [0.4, 0.5) is 11.8 Å². The van der Waals surface area contributed by atoms with E-state index in [1.807, 2.05) is 25.1 Å². The minimum absolute atomic E-state index is 0.0826. The van der Waals surface area contributed by atoms with Gasteiger partial charge in [0.25, 0.3) is 5.91 Å². The van der Waals surface area contributed by atoms with Crippen molar-refractivity contribution < 1.29 is 9.72 Å². The van der Waals surface area contributed by atoms with Gasteiger partial charge in [0.1, 0.15) is 0 Å². The molecule has 0 atom stereocenters. The van der Waals surface area contributed by atoms with E-state index in [1.54, 1.807) is 23.1 Å². The smallest absolute Gasteiger partial charge is 0.390 e. The van der Waals surface area contributed by atoms with E-state index in [0.29, 0.717) is 12.4 Å². The quantitative estimate of drug-likeness (QED) is 0.363. The van der Waals surface area contributed by atoms with Gasteiger partial charge in [-0.3, -0.25) is 9.48 Å². The summed E-state index contributed by atoms with van der Waals surface area (Å²) in [5.74, 6) is -0.505. The summed E-state index contributed by atoms with van der Waals surface area (Å²) < 4.78 is 4.41. The molecule has 4 rings (SSSR count). The van der Waals surface area contributed by atoms with Gasteiger partial charge in [0, 0.05) is 23.6 Å². The minimum atomic E-state index is -0.684. The number of rotatable bonds is 7. The number of nitrogens with one attached hydrogen (secondary N) is 1. The van der Waals surface area contributed by atoms with E-state index >= 15 is 0 Å². The van der Waals surface area contributed by atoms with Crippen molar-refractivity contribution in [1.82, 2.24) is 34.3 Å². The van der Waals surface area contributed by atoms with E-state index in [0.717, 1.165) is 5.56 Å². The lowest BCUT2D eigenvalue weighted by atomic mass is 10.1. The molecule has 1 N–H and O–H groups in total. The van der Waals surface area contributed by atoms with Crippen LogP contribution in [0, 0.1) is 17.0 Å². The average Bonchev–Trinajstić information content (AvgIpc) is 3.44. The fourth-order valence-corrected chi connectivity index (χ4v) is 2.84. The van der Waals surface area contributed by atoms with Crippen LogP contribution in [0.25, 0.3) is 0 Å². The standard InChI is InChI=1S/C18H17N9O3/c1-13-3-2-4-14(9-13)10-24-8-6-16(22-24)20-17(28)15-5-7-25(21-15)12-26-11-19-18(23-26)27(29)30/h2-9,11H,10,12H2,1H3,(H,20,22,28). The number of carbonyl (C=O) groups excluding carboxylic acids is 1. The molecule has 0 aliphatic carbocycles. The second kappa shape index (κ2) is 7.95. The van der Waals surface area contributed by atoms with Crippen molar-refractivity contribution in [3.63, 3.8) is 0 Å². The van der Waals surface area contributed by atoms with Gasteiger partial charge in [0.2, 0.25) is 6.33 Å². The number of aryl methyl sites for hydroxylation is 1. The summed E-state index contributed by atoms with van der Waals surface area (Å²) >= 11 is 0. The molecule has 1 aromatic carbocycles. The highest BCUT2D eigenvalue weighted by Crippen LogP contribution is 2.10. The van der Waals surface area contributed by atoms with Gasteiger partial charge in [0.05, 0.1) is 6.54 Å². The van der Waals surface area contributed by atoms with E-state index in [-0.39, 0.29) is 12.4 Å². The fourth-order valence-electron chi connectivity index (χ4n) is 2.84. The van der Waals surface area contributed by atoms with Crippen LogP contribution in [0.3, 0.4) is 0 Å². The van der Waals surface area contributed by atoms with Gasteiger partial charge in [-0.2, -0.15) is 14.9 Å². The van der Waals surface area contributed by atoms with Crippen molar-refractivity contribution in [3.8, 4) is 0 Å². The molecule has 1 amide bonds.